The molecule has 0 atom stereocenters. The summed E-state index contributed by atoms with van der Waals surface area (Å²) in [5.41, 5.74) is 0.954. The third-order valence-electron chi connectivity index (χ3n) is 3.31. The highest BCUT2D eigenvalue weighted by molar-refractivity contribution is 5.39. The Morgan fingerprint density at radius 1 is 1.28 bits per heavy atom. The summed E-state index contributed by atoms with van der Waals surface area (Å²) < 4.78 is 0. The Hall–Kier alpha value is -1.46. The largest absolute Gasteiger partial charge is 0.311 e. The summed E-state index contributed by atoms with van der Waals surface area (Å²) >= 11 is 0. The number of hydrogen-bond donors (Lipinski definition) is 1. The van der Waals surface area contributed by atoms with E-state index in [0.29, 0.717) is 6.54 Å². The highest BCUT2D eigenvalue weighted by Crippen LogP contribution is 2.16. The van der Waals surface area contributed by atoms with Gasteiger partial charge in [0.15, 0.2) is 0 Å². The molecule has 1 aliphatic rings. The lowest BCUT2D eigenvalue weighted by Gasteiger charge is -2.14. The van der Waals surface area contributed by atoms with Crippen LogP contribution in [0.1, 0.15) is 18.4 Å². The maximum absolute atomic E-state index is 10.8. The van der Waals surface area contributed by atoms with Gasteiger partial charge in [-0.2, -0.15) is 0 Å². The Balaban J connectivity index is 1.77. The lowest BCUT2D eigenvalue weighted by Crippen LogP contribution is -2.29. The topological polar surface area (TPSA) is 58.4 Å². The molecule has 0 unspecified atom stereocenters. The second-order valence-electron chi connectivity index (χ2n) is 4.61. The number of para-hydroxylation sites is 1. The smallest absolute Gasteiger partial charge is 0.273 e. The van der Waals surface area contributed by atoms with Gasteiger partial charge in [0.25, 0.3) is 5.69 Å². The maximum Gasteiger partial charge on any atom is 0.273 e. The van der Waals surface area contributed by atoms with Crippen molar-refractivity contribution in [2.24, 2.45) is 0 Å². The summed E-state index contributed by atoms with van der Waals surface area (Å²) in [7, 11) is 0. The summed E-state index contributed by atoms with van der Waals surface area (Å²) in [6.45, 7) is 4.85. The molecule has 1 saturated heterocycles. The predicted molar refractivity (Wildman–Crippen MR) is 70.5 cm³/mol. The van der Waals surface area contributed by atoms with E-state index in [4.69, 9.17) is 0 Å². The van der Waals surface area contributed by atoms with Gasteiger partial charge in [-0.3, -0.25) is 10.1 Å². The van der Waals surface area contributed by atoms with Crippen molar-refractivity contribution in [1.29, 1.82) is 0 Å². The third kappa shape index (κ3) is 3.51. The van der Waals surface area contributed by atoms with Crippen LogP contribution in [0.15, 0.2) is 24.3 Å². The number of nitro benzene ring substituents is 1. The first-order valence-electron chi connectivity index (χ1n) is 6.43. The van der Waals surface area contributed by atoms with Crippen molar-refractivity contribution in [1.82, 2.24) is 10.2 Å². The first-order valence-corrected chi connectivity index (χ1v) is 6.43. The van der Waals surface area contributed by atoms with Crippen LogP contribution in [0.3, 0.4) is 0 Å². The van der Waals surface area contributed by atoms with Gasteiger partial charge in [0.05, 0.1) is 4.92 Å². The molecule has 0 aromatic heterocycles. The molecule has 0 bridgehead atoms. The van der Waals surface area contributed by atoms with Crippen molar-refractivity contribution >= 4 is 5.69 Å². The van der Waals surface area contributed by atoms with Gasteiger partial charge in [-0.25, -0.2) is 0 Å². The van der Waals surface area contributed by atoms with Crippen molar-refractivity contribution in [2.75, 3.05) is 26.2 Å². The van der Waals surface area contributed by atoms with Gasteiger partial charge >= 0.3 is 0 Å². The number of nitrogens with one attached hydrogen (secondary N) is 1. The van der Waals surface area contributed by atoms with Crippen molar-refractivity contribution < 1.29 is 4.92 Å². The molecular formula is C13H19N3O2. The molecule has 98 valence electrons. The normalized spacial score (nSPS) is 16.0. The average molecular weight is 249 g/mol. The van der Waals surface area contributed by atoms with E-state index in [1.54, 1.807) is 18.2 Å². The highest BCUT2D eigenvalue weighted by Gasteiger charge is 2.12. The van der Waals surface area contributed by atoms with Crippen LogP contribution in [0.5, 0.6) is 0 Å². The van der Waals surface area contributed by atoms with Crippen LogP contribution < -0.4 is 5.32 Å². The fraction of sp³-hybridized carbons (Fsp3) is 0.538. The van der Waals surface area contributed by atoms with Crippen LogP contribution in [-0.2, 0) is 6.54 Å². The van der Waals surface area contributed by atoms with Gasteiger partial charge in [-0.05, 0) is 25.9 Å². The molecule has 1 aliphatic heterocycles. The van der Waals surface area contributed by atoms with Gasteiger partial charge < -0.3 is 10.2 Å². The van der Waals surface area contributed by atoms with Crippen LogP contribution in [0.25, 0.3) is 0 Å². The van der Waals surface area contributed by atoms with Gasteiger partial charge in [0.1, 0.15) is 0 Å². The zero-order chi connectivity index (χ0) is 12.8. The number of hydrogen-bond acceptors (Lipinski definition) is 4. The van der Waals surface area contributed by atoms with E-state index in [9.17, 15) is 10.1 Å². The van der Waals surface area contributed by atoms with E-state index in [1.165, 1.54) is 25.9 Å². The summed E-state index contributed by atoms with van der Waals surface area (Å²) in [5, 5.41) is 14.1. The molecule has 0 amide bonds. The van der Waals surface area contributed by atoms with Crippen LogP contribution in [-0.4, -0.2) is 36.0 Å². The van der Waals surface area contributed by atoms with Gasteiger partial charge in [-0.1, -0.05) is 18.2 Å². The Kier molecular flexibility index (Phi) is 4.66. The molecule has 0 saturated carbocycles. The number of rotatable bonds is 6. The third-order valence-corrected chi connectivity index (χ3v) is 3.31. The molecule has 0 radical (unpaired) electrons. The summed E-state index contributed by atoms with van der Waals surface area (Å²) in [4.78, 5) is 12.9. The molecule has 5 nitrogen and oxygen atoms in total. The minimum Gasteiger partial charge on any atom is -0.311 e. The summed E-state index contributed by atoms with van der Waals surface area (Å²) in [5.74, 6) is 0. The first-order chi connectivity index (χ1) is 8.77. The molecule has 2 rings (SSSR count). The minimum atomic E-state index is -0.322. The number of nitrogens with zero attached hydrogens (tertiary/aromatic N) is 2. The highest BCUT2D eigenvalue weighted by atomic mass is 16.6. The van der Waals surface area contributed by atoms with E-state index < -0.39 is 0 Å². The average Bonchev–Trinajstić information content (AvgIpc) is 2.88. The molecule has 1 aromatic carbocycles. The predicted octanol–water partition coefficient (Wildman–Crippen LogP) is 1.78. The fourth-order valence-electron chi connectivity index (χ4n) is 2.30. The molecular weight excluding hydrogens is 230 g/mol. The Morgan fingerprint density at radius 3 is 2.72 bits per heavy atom. The van der Waals surface area contributed by atoms with E-state index in [2.05, 4.69) is 10.2 Å². The Bertz CT molecular complexity index is 403. The number of nitro groups is 1. The van der Waals surface area contributed by atoms with Crippen LogP contribution in [0.4, 0.5) is 5.69 Å². The van der Waals surface area contributed by atoms with Crippen LogP contribution in [0, 0.1) is 10.1 Å². The SMILES string of the molecule is O=[N+]([O-])c1ccccc1CNCCN1CCCC1. The molecule has 0 aliphatic carbocycles. The second kappa shape index (κ2) is 6.47. The second-order valence-corrected chi connectivity index (χ2v) is 4.61. The fourth-order valence-corrected chi connectivity index (χ4v) is 2.30. The first kappa shape index (κ1) is 13.0. The van der Waals surface area contributed by atoms with Crippen molar-refractivity contribution in [3.8, 4) is 0 Å². The quantitative estimate of drug-likeness (QED) is 0.474. The lowest BCUT2D eigenvalue weighted by atomic mass is 10.2. The number of benzene rings is 1. The summed E-state index contributed by atoms with van der Waals surface area (Å²) in [6.07, 6.45) is 2.59. The van der Waals surface area contributed by atoms with E-state index >= 15 is 0 Å². The Labute approximate surface area is 107 Å². The monoisotopic (exact) mass is 249 g/mol. The van der Waals surface area contributed by atoms with Crippen molar-refractivity contribution in [3.05, 3.63) is 39.9 Å². The lowest BCUT2D eigenvalue weighted by molar-refractivity contribution is -0.385. The van der Waals surface area contributed by atoms with E-state index in [1.807, 2.05) is 6.07 Å². The maximum atomic E-state index is 10.8. The molecule has 18 heavy (non-hydrogen) atoms. The molecule has 1 N–H and O–H groups in total. The van der Waals surface area contributed by atoms with Gasteiger partial charge in [0.2, 0.25) is 0 Å². The Morgan fingerprint density at radius 2 is 2.00 bits per heavy atom. The number of likely N-dealkylation sites (tertiary alicyclic amines) is 1. The van der Waals surface area contributed by atoms with Crippen molar-refractivity contribution in [2.45, 2.75) is 19.4 Å². The van der Waals surface area contributed by atoms with Gasteiger partial charge in [-0.15, -0.1) is 0 Å². The zero-order valence-corrected chi connectivity index (χ0v) is 10.5. The molecule has 0 spiro atoms. The molecule has 1 fully saturated rings. The summed E-state index contributed by atoms with van der Waals surface area (Å²) in [6, 6.07) is 6.90. The standard InChI is InChI=1S/C13H19N3O2/c17-16(18)13-6-2-1-5-12(13)11-14-7-10-15-8-3-4-9-15/h1-2,5-6,14H,3-4,7-11H2. The van der Waals surface area contributed by atoms with Gasteiger partial charge in [0, 0.05) is 31.3 Å². The van der Waals surface area contributed by atoms with Crippen LogP contribution in [0.2, 0.25) is 0 Å². The van der Waals surface area contributed by atoms with E-state index in [-0.39, 0.29) is 10.6 Å². The van der Waals surface area contributed by atoms with Crippen LogP contribution >= 0.6 is 0 Å². The molecule has 1 heterocycles. The molecule has 5 heteroatoms. The molecule has 1 aromatic rings. The minimum absolute atomic E-state index is 0.200. The van der Waals surface area contributed by atoms with E-state index in [0.717, 1.165) is 18.7 Å². The zero-order valence-electron chi connectivity index (χ0n) is 10.5. The van der Waals surface area contributed by atoms with Crippen molar-refractivity contribution in [3.63, 3.8) is 0 Å².